The zero-order valence-corrected chi connectivity index (χ0v) is 34.7. The molecule has 1 aliphatic heterocycles. The van der Waals surface area contributed by atoms with Crippen LogP contribution in [-0.4, -0.2) is 19.9 Å². The summed E-state index contributed by atoms with van der Waals surface area (Å²) in [7, 11) is 0. The van der Waals surface area contributed by atoms with Gasteiger partial charge in [-0.15, -0.1) is 0 Å². The van der Waals surface area contributed by atoms with Crippen LogP contribution in [0.2, 0.25) is 0 Å². The first-order valence-corrected chi connectivity index (χ1v) is 21.9. The van der Waals surface area contributed by atoms with Gasteiger partial charge in [0.25, 0.3) is 0 Å². The lowest BCUT2D eigenvalue weighted by molar-refractivity contribution is 0.436. The van der Waals surface area contributed by atoms with Crippen LogP contribution >= 0.6 is 0 Å². The summed E-state index contributed by atoms with van der Waals surface area (Å²) in [6, 6.07) is 71.9. The van der Waals surface area contributed by atoms with Gasteiger partial charge in [0.1, 0.15) is 22.7 Å². The van der Waals surface area contributed by atoms with Gasteiger partial charge in [-0.1, -0.05) is 164 Å². The SMILES string of the molecule is c1ccc(-c2nc(-c3ccc4nc(-c5ccccc5)c5ccc6c(c5c4c3)-c3ccccc3C63c4ccccc4Oc4ccccc43)nc(-c3cccc4c3oc3ccccc34)n2)cc1. The van der Waals surface area contributed by atoms with E-state index in [2.05, 4.69) is 146 Å². The number of nitrogens with zero attached hydrogens (tertiary/aromatic N) is 4. The molecule has 0 atom stereocenters. The second-order valence-electron chi connectivity index (χ2n) is 16.8. The maximum atomic E-state index is 6.68. The number of fused-ring (bicyclic) bond motifs is 16. The third kappa shape index (κ3) is 5.10. The van der Waals surface area contributed by atoms with Crippen LogP contribution in [0.15, 0.2) is 211 Å². The fraction of sp³-hybridized carbons (Fsp3) is 0.0169. The fourth-order valence-electron chi connectivity index (χ4n) is 10.7. The first-order chi connectivity index (χ1) is 32.2. The standard InChI is InChI=1S/C59H34N4O2/c1-3-16-35(17-4-1)54-41-31-32-47-53(40-21-7-9-24-44(40)59(47)45-25-10-13-28-50(45)64-51-29-14-11-26-46(51)59)52(41)43-34-37(30-33-48(43)60-54)57-61-56(36-18-5-2-6-19-36)62-58(63-57)42-23-15-22-39-38-20-8-12-27-49(38)65-55(39)42/h1-34H. The average Bonchev–Trinajstić information content (AvgIpc) is 3.90. The van der Waals surface area contributed by atoms with Crippen molar-refractivity contribution in [3.05, 3.63) is 229 Å². The van der Waals surface area contributed by atoms with E-state index in [-0.39, 0.29) is 0 Å². The molecule has 1 aliphatic carbocycles. The van der Waals surface area contributed by atoms with Crippen LogP contribution in [0.4, 0.5) is 0 Å². The van der Waals surface area contributed by atoms with E-state index in [1.165, 1.54) is 22.3 Å². The largest absolute Gasteiger partial charge is 0.457 e. The Balaban J connectivity index is 1.08. The molecule has 12 aromatic rings. The highest BCUT2D eigenvalue weighted by Gasteiger charge is 2.51. The zero-order valence-electron chi connectivity index (χ0n) is 34.7. The van der Waals surface area contributed by atoms with Crippen LogP contribution in [-0.2, 0) is 5.41 Å². The second kappa shape index (κ2) is 13.6. The van der Waals surface area contributed by atoms with Gasteiger partial charge in [-0.05, 0) is 64.7 Å². The van der Waals surface area contributed by atoms with Crippen LogP contribution in [0.1, 0.15) is 22.3 Å². The van der Waals surface area contributed by atoms with Crippen LogP contribution < -0.4 is 4.74 Å². The molecule has 65 heavy (non-hydrogen) atoms. The van der Waals surface area contributed by atoms with Gasteiger partial charge in [0.15, 0.2) is 17.5 Å². The van der Waals surface area contributed by atoms with Gasteiger partial charge >= 0.3 is 0 Å². The predicted octanol–water partition coefficient (Wildman–Crippen LogP) is 14.6. The summed E-state index contributed by atoms with van der Waals surface area (Å²) in [6.07, 6.45) is 0. The molecule has 6 nitrogen and oxygen atoms in total. The highest BCUT2D eigenvalue weighted by Crippen LogP contribution is 2.63. The van der Waals surface area contributed by atoms with Crippen molar-refractivity contribution in [3.63, 3.8) is 0 Å². The van der Waals surface area contributed by atoms with E-state index >= 15 is 0 Å². The van der Waals surface area contributed by atoms with Gasteiger partial charge in [0.2, 0.25) is 0 Å². The maximum Gasteiger partial charge on any atom is 0.167 e. The maximum absolute atomic E-state index is 6.68. The molecular weight excluding hydrogens is 797 g/mol. The molecule has 302 valence electrons. The molecule has 4 heterocycles. The number of aromatic nitrogens is 4. The molecule has 6 heteroatoms. The Morgan fingerprint density at radius 1 is 0.369 bits per heavy atom. The van der Waals surface area contributed by atoms with Crippen molar-refractivity contribution in [2.45, 2.75) is 5.41 Å². The number of ether oxygens (including phenoxy) is 1. The second-order valence-corrected chi connectivity index (χ2v) is 16.8. The first-order valence-electron chi connectivity index (χ1n) is 21.9. The van der Waals surface area contributed by atoms with Crippen LogP contribution in [0.3, 0.4) is 0 Å². The van der Waals surface area contributed by atoms with E-state index < -0.39 is 5.41 Å². The molecule has 3 aromatic heterocycles. The molecule has 0 unspecified atom stereocenters. The summed E-state index contributed by atoms with van der Waals surface area (Å²) >= 11 is 0. The van der Waals surface area contributed by atoms with Gasteiger partial charge in [-0.25, -0.2) is 19.9 Å². The molecule has 9 aromatic carbocycles. The van der Waals surface area contributed by atoms with Gasteiger partial charge < -0.3 is 9.15 Å². The van der Waals surface area contributed by atoms with E-state index in [1.807, 2.05) is 60.7 Å². The molecule has 0 radical (unpaired) electrons. The lowest BCUT2D eigenvalue weighted by Gasteiger charge is -2.39. The molecule has 14 rings (SSSR count). The summed E-state index contributed by atoms with van der Waals surface area (Å²) in [5.74, 6) is 3.39. The Labute approximate surface area is 373 Å². The van der Waals surface area contributed by atoms with Gasteiger partial charge in [-0.3, -0.25) is 0 Å². The van der Waals surface area contributed by atoms with Crippen molar-refractivity contribution in [3.8, 4) is 68.0 Å². The first kappa shape index (κ1) is 35.8. The fourth-order valence-corrected chi connectivity index (χ4v) is 10.7. The van der Waals surface area contributed by atoms with E-state index in [4.69, 9.17) is 29.1 Å². The van der Waals surface area contributed by atoms with Crippen molar-refractivity contribution in [2.75, 3.05) is 0 Å². The van der Waals surface area contributed by atoms with Crippen molar-refractivity contribution in [2.24, 2.45) is 0 Å². The lowest BCUT2D eigenvalue weighted by atomic mass is 9.66. The van der Waals surface area contributed by atoms with E-state index in [9.17, 15) is 0 Å². The predicted molar refractivity (Wildman–Crippen MR) is 259 cm³/mol. The zero-order chi connectivity index (χ0) is 42.6. The summed E-state index contributed by atoms with van der Waals surface area (Å²) in [4.78, 5) is 21.1. The van der Waals surface area contributed by atoms with Crippen LogP contribution in [0, 0.1) is 0 Å². The molecule has 2 aliphatic rings. The summed E-state index contributed by atoms with van der Waals surface area (Å²) in [5, 5.41) is 5.27. The third-order valence-corrected chi connectivity index (χ3v) is 13.4. The molecule has 0 N–H and O–H groups in total. The molecule has 1 spiro atoms. The summed E-state index contributed by atoms with van der Waals surface area (Å²) in [6.45, 7) is 0. The summed E-state index contributed by atoms with van der Waals surface area (Å²) in [5.41, 5.74) is 13.4. The summed E-state index contributed by atoms with van der Waals surface area (Å²) < 4.78 is 13.2. The number of hydrogen-bond donors (Lipinski definition) is 0. The van der Waals surface area contributed by atoms with Crippen molar-refractivity contribution < 1.29 is 9.15 Å². The van der Waals surface area contributed by atoms with Crippen LogP contribution in [0.25, 0.3) is 100 Å². The van der Waals surface area contributed by atoms with E-state index in [0.29, 0.717) is 17.5 Å². The Morgan fingerprint density at radius 2 is 0.985 bits per heavy atom. The van der Waals surface area contributed by atoms with Gasteiger partial charge in [-0.2, -0.15) is 0 Å². The molecule has 0 amide bonds. The van der Waals surface area contributed by atoms with Crippen LogP contribution in [0.5, 0.6) is 11.5 Å². The molecule has 0 saturated heterocycles. The Kier molecular flexibility index (Phi) is 7.51. The Hall–Kier alpha value is -8.74. The number of benzene rings is 9. The minimum Gasteiger partial charge on any atom is -0.457 e. The Bertz CT molecular complexity index is 3890. The number of hydrogen-bond acceptors (Lipinski definition) is 6. The topological polar surface area (TPSA) is 73.9 Å². The third-order valence-electron chi connectivity index (χ3n) is 13.4. The van der Waals surface area contributed by atoms with E-state index in [0.717, 1.165) is 94.2 Å². The number of furan rings is 1. The quantitative estimate of drug-likeness (QED) is 0.165. The highest BCUT2D eigenvalue weighted by molar-refractivity contribution is 6.20. The van der Waals surface area contributed by atoms with Crippen molar-refractivity contribution in [1.82, 2.24) is 19.9 Å². The normalized spacial score (nSPS) is 13.2. The number of para-hydroxylation sites is 4. The van der Waals surface area contributed by atoms with E-state index in [1.54, 1.807) is 0 Å². The van der Waals surface area contributed by atoms with Crippen molar-refractivity contribution >= 4 is 43.6 Å². The highest BCUT2D eigenvalue weighted by atomic mass is 16.5. The van der Waals surface area contributed by atoms with Gasteiger partial charge in [0, 0.05) is 54.7 Å². The van der Waals surface area contributed by atoms with Crippen molar-refractivity contribution in [1.29, 1.82) is 0 Å². The monoisotopic (exact) mass is 830 g/mol. The number of pyridine rings is 1. The average molecular weight is 831 g/mol. The number of rotatable bonds is 4. The lowest BCUT2D eigenvalue weighted by Crippen LogP contribution is -2.32. The smallest absolute Gasteiger partial charge is 0.167 e. The van der Waals surface area contributed by atoms with Gasteiger partial charge in [0.05, 0.1) is 22.2 Å². The molecule has 0 fully saturated rings. The Morgan fingerprint density at radius 3 is 1.77 bits per heavy atom. The molecule has 0 bridgehead atoms. The molecular formula is C59H34N4O2. The minimum absolute atomic E-state index is 0.537. The minimum atomic E-state index is -0.628. The molecule has 0 saturated carbocycles.